The molecule has 0 fully saturated rings. The van der Waals surface area contributed by atoms with E-state index in [1.807, 2.05) is 12.1 Å². The summed E-state index contributed by atoms with van der Waals surface area (Å²) < 4.78 is 13.9. The molecule has 3 nitrogen and oxygen atoms in total. The van der Waals surface area contributed by atoms with Crippen molar-refractivity contribution in [3.05, 3.63) is 222 Å². The van der Waals surface area contributed by atoms with Crippen LogP contribution in [0.25, 0.3) is 55.5 Å². The van der Waals surface area contributed by atoms with E-state index in [0.29, 0.717) is 23.0 Å². The van der Waals surface area contributed by atoms with Crippen LogP contribution in [0.2, 0.25) is 0 Å². The first-order chi connectivity index (χ1) is 27.3. The van der Waals surface area contributed by atoms with Crippen LogP contribution in [0.5, 0.6) is 23.0 Å². The summed E-state index contributed by atoms with van der Waals surface area (Å²) in [6, 6.07) is 70.5. The number of benzene rings is 8. The molecule has 2 heterocycles. The topological polar surface area (TPSA) is 31.4 Å². The molecule has 0 unspecified atom stereocenters. The van der Waals surface area contributed by atoms with E-state index in [-0.39, 0.29) is 0 Å². The van der Waals surface area contributed by atoms with Crippen LogP contribution in [0.15, 0.2) is 200 Å². The molecule has 0 atom stereocenters. The highest BCUT2D eigenvalue weighted by molar-refractivity contribution is 5.98. The van der Waals surface area contributed by atoms with E-state index in [9.17, 15) is 0 Å². The number of pyridine rings is 1. The lowest BCUT2D eigenvalue weighted by atomic mass is 9.67. The minimum absolute atomic E-state index is 0.528. The van der Waals surface area contributed by atoms with Gasteiger partial charge >= 0.3 is 0 Å². The third-order valence-corrected chi connectivity index (χ3v) is 11.2. The van der Waals surface area contributed by atoms with Gasteiger partial charge in [0.25, 0.3) is 0 Å². The monoisotopic (exact) mass is 703 g/mol. The molecule has 55 heavy (non-hydrogen) atoms. The van der Waals surface area contributed by atoms with Gasteiger partial charge in [-0.3, -0.25) is 0 Å². The molecule has 258 valence electrons. The first-order valence-corrected chi connectivity index (χ1v) is 18.7. The maximum Gasteiger partial charge on any atom is 0.177 e. The molecule has 8 aromatic carbocycles. The Morgan fingerprint density at radius 3 is 1.73 bits per heavy atom. The fourth-order valence-electron chi connectivity index (χ4n) is 8.86. The van der Waals surface area contributed by atoms with Crippen LogP contribution in [-0.2, 0) is 5.41 Å². The second-order valence-electron chi connectivity index (χ2n) is 14.2. The summed E-state index contributed by atoms with van der Waals surface area (Å²) in [6.45, 7) is 0. The summed E-state index contributed by atoms with van der Waals surface area (Å²) in [5, 5.41) is 1.12. The standard InChI is InChI=1S/C52H33NO2/c1-4-17-34(18-5-1)42-31-47(53-46-29-15-13-26-40(42)46)39-25-11-10-23-37(39)41-27-16-30-48-51(41)55-49-32-43-38-24-12-14-28-44(38)52(35-19-6-2-7-20-35,36-21-8-3-9-22-36)45(43)33-50(49)54-48/h1-33H. The maximum atomic E-state index is 6.99. The van der Waals surface area contributed by atoms with Crippen LogP contribution in [0.4, 0.5) is 0 Å². The molecule has 0 saturated carbocycles. The average molecular weight is 704 g/mol. The Kier molecular flexibility index (Phi) is 7.08. The minimum atomic E-state index is -0.528. The molecule has 0 saturated heterocycles. The summed E-state index contributed by atoms with van der Waals surface area (Å²) in [6.07, 6.45) is 0. The van der Waals surface area contributed by atoms with Crippen LogP contribution in [0, 0.1) is 0 Å². The Morgan fingerprint density at radius 2 is 0.964 bits per heavy atom. The molecule has 3 heteroatoms. The second kappa shape index (κ2) is 12.4. The molecule has 1 aliphatic carbocycles. The Bertz CT molecular complexity index is 2880. The lowest BCUT2D eigenvalue weighted by Crippen LogP contribution is -2.28. The van der Waals surface area contributed by atoms with Crippen molar-refractivity contribution in [2.45, 2.75) is 5.41 Å². The number of nitrogens with zero attached hydrogens (tertiary/aromatic N) is 1. The summed E-state index contributed by atoms with van der Waals surface area (Å²) in [4.78, 5) is 5.22. The molecule has 1 aromatic heterocycles. The Balaban J connectivity index is 1.07. The van der Waals surface area contributed by atoms with E-state index in [0.717, 1.165) is 50.0 Å². The third kappa shape index (κ3) is 4.80. The van der Waals surface area contributed by atoms with E-state index < -0.39 is 5.41 Å². The van der Waals surface area contributed by atoms with Crippen LogP contribution in [0.1, 0.15) is 22.3 Å². The zero-order valence-corrected chi connectivity index (χ0v) is 29.8. The number of rotatable bonds is 5. The predicted octanol–water partition coefficient (Wildman–Crippen LogP) is 13.5. The molecule has 2 aliphatic rings. The van der Waals surface area contributed by atoms with Crippen molar-refractivity contribution < 1.29 is 9.47 Å². The number of fused-ring (bicyclic) bond motifs is 6. The van der Waals surface area contributed by atoms with Crippen molar-refractivity contribution in [1.82, 2.24) is 4.98 Å². The van der Waals surface area contributed by atoms with Crippen molar-refractivity contribution in [2.75, 3.05) is 0 Å². The normalized spacial score (nSPS) is 13.2. The number of para-hydroxylation sites is 2. The van der Waals surface area contributed by atoms with Gasteiger partial charge in [0.2, 0.25) is 0 Å². The van der Waals surface area contributed by atoms with Gasteiger partial charge < -0.3 is 9.47 Å². The Labute approximate surface area is 319 Å². The number of ether oxygens (including phenoxy) is 2. The first kappa shape index (κ1) is 31.3. The number of aromatic nitrogens is 1. The van der Waals surface area contributed by atoms with Crippen molar-refractivity contribution in [1.29, 1.82) is 0 Å². The van der Waals surface area contributed by atoms with Gasteiger partial charge in [-0.05, 0) is 80.4 Å². The molecule has 0 spiro atoms. The first-order valence-electron chi connectivity index (χ1n) is 18.7. The smallest absolute Gasteiger partial charge is 0.177 e. The van der Waals surface area contributed by atoms with Gasteiger partial charge in [0.15, 0.2) is 23.0 Å². The highest BCUT2D eigenvalue weighted by Gasteiger charge is 2.47. The Hall–Kier alpha value is -7.23. The van der Waals surface area contributed by atoms with Crippen LogP contribution >= 0.6 is 0 Å². The van der Waals surface area contributed by atoms with Crippen molar-refractivity contribution in [3.8, 4) is 67.6 Å². The Morgan fingerprint density at radius 1 is 0.364 bits per heavy atom. The van der Waals surface area contributed by atoms with Crippen LogP contribution in [-0.4, -0.2) is 4.98 Å². The molecule has 9 aromatic rings. The lowest BCUT2D eigenvalue weighted by molar-refractivity contribution is 0.360. The van der Waals surface area contributed by atoms with Crippen molar-refractivity contribution in [3.63, 3.8) is 0 Å². The minimum Gasteiger partial charge on any atom is -0.449 e. The lowest BCUT2D eigenvalue weighted by Gasteiger charge is -2.34. The zero-order valence-electron chi connectivity index (χ0n) is 29.8. The summed E-state index contributed by atoms with van der Waals surface area (Å²) >= 11 is 0. The average Bonchev–Trinajstić information content (AvgIpc) is 3.55. The molecule has 0 bridgehead atoms. The van der Waals surface area contributed by atoms with Crippen LogP contribution in [0.3, 0.4) is 0 Å². The van der Waals surface area contributed by atoms with Crippen LogP contribution < -0.4 is 9.47 Å². The maximum absolute atomic E-state index is 6.99. The van der Waals surface area contributed by atoms with E-state index in [2.05, 4.69) is 188 Å². The SMILES string of the molecule is c1ccc(-c2cc(-c3ccccc3-c3cccc4c3Oc3cc5c(cc3O4)C(c3ccccc3)(c3ccccc3)c3ccccc3-5)nc3ccccc23)cc1. The molecule has 0 radical (unpaired) electrons. The second-order valence-corrected chi connectivity index (χ2v) is 14.2. The fraction of sp³-hybridized carbons (Fsp3) is 0.0192. The van der Waals surface area contributed by atoms with E-state index in [1.54, 1.807) is 0 Å². The predicted molar refractivity (Wildman–Crippen MR) is 222 cm³/mol. The van der Waals surface area contributed by atoms with E-state index >= 15 is 0 Å². The van der Waals surface area contributed by atoms with Gasteiger partial charge in [-0.25, -0.2) is 4.98 Å². The van der Waals surface area contributed by atoms with E-state index in [1.165, 1.54) is 27.8 Å². The molecule has 0 amide bonds. The molecular weight excluding hydrogens is 671 g/mol. The highest BCUT2D eigenvalue weighted by Crippen LogP contribution is 2.60. The van der Waals surface area contributed by atoms with Gasteiger partial charge in [-0.2, -0.15) is 0 Å². The van der Waals surface area contributed by atoms with Gasteiger partial charge in [0.05, 0.1) is 16.6 Å². The number of hydrogen-bond donors (Lipinski definition) is 0. The van der Waals surface area contributed by atoms with Gasteiger partial charge in [-0.15, -0.1) is 0 Å². The largest absolute Gasteiger partial charge is 0.449 e. The van der Waals surface area contributed by atoms with Gasteiger partial charge in [0, 0.05) is 16.5 Å². The highest BCUT2D eigenvalue weighted by atomic mass is 16.6. The summed E-state index contributed by atoms with van der Waals surface area (Å²) in [5.74, 6) is 2.76. The quantitative estimate of drug-likeness (QED) is 0.179. The third-order valence-electron chi connectivity index (χ3n) is 11.2. The number of hydrogen-bond acceptors (Lipinski definition) is 3. The summed E-state index contributed by atoms with van der Waals surface area (Å²) in [5.41, 5.74) is 13.8. The zero-order chi connectivity index (χ0) is 36.3. The molecule has 11 rings (SSSR count). The van der Waals surface area contributed by atoms with Gasteiger partial charge in [0.1, 0.15) is 0 Å². The summed E-state index contributed by atoms with van der Waals surface area (Å²) in [7, 11) is 0. The molecular formula is C52H33NO2. The molecule has 0 N–H and O–H groups in total. The van der Waals surface area contributed by atoms with E-state index in [4.69, 9.17) is 14.5 Å². The van der Waals surface area contributed by atoms with Crippen molar-refractivity contribution in [2.24, 2.45) is 0 Å². The fourth-order valence-corrected chi connectivity index (χ4v) is 8.86. The van der Waals surface area contributed by atoms with Gasteiger partial charge in [-0.1, -0.05) is 170 Å². The van der Waals surface area contributed by atoms with Crippen molar-refractivity contribution >= 4 is 10.9 Å². The molecule has 1 aliphatic heterocycles.